The lowest BCUT2D eigenvalue weighted by Gasteiger charge is -2.08. The first kappa shape index (κ1) is 9.00. The van der Waals surface area contributed by atoms with E-state index in [1.54, 1.807) is 6.26 Å². The summed E-state index contributed by atoms with van der Waals surface area (Å²) in [5.41, 5.74) is 0. The van der Waals surface area contributed by atoms with E-state index in [-0.39, 0.29) is 0 Å². The number of hydrogen-bond donors (Lipinski definition) is 0. The van der Waals surface area contributed by atoms with Crippen molar-refractivity contribution in [3.63, 3.8) is 0 Å². The van der Waals surface area contributed by atoms with E-state index in [1.807, 2.05) is 0 Å². The molecule has 0 fully saturated rings. The first-order valence-electron chi connectivity index (χ1n) is 2.20. The summed E-state index contributed by atoms with van der Waals surface area (Å²) in [5.74, 6) is 0. The van der Waals surface area contributed by atoms with Crippen LogP contribution in [0, 0.1) is 0 Å². The topological polar surface area (TPSA) is 37.4 Å². The molecular weight excluding hydrogens is 158 g/mol. The van der Waals surface area contributed by atoms with Gasteiger partial charge in [-0.25, -0.2) is 8.42 Å². The summed E-state index contributed by atoms with van der Waals surface area (Å²) in [6.07, 6.45) is 1.68. The average Bonchev–Trinajstić information content (AvgIpc) is 1.86. The largest absolute Gasteiger partial charge is 0.244 e. The number of sulfonamides is 1. The van der Waals surface area contributed by atoms with Crippen LogP contribution in [-0.4, -0.2) is 25.4 Å². The summed E-state index contributed by atoms with van der Waals surface area (Å²) in [7, 11) is -1.71. The zero-order valence-electron chi connectivity index (χ0n) is 5.36. The van der Waals surface area contributed by atoms with Crippen LogP contribution in [0.2, 0.25) is 0 Å². The van der Waals surface area contributed by atoms with Crippen molar-refractivity contribution in [2.75, 3.05) is 13.3 Å². The van der Waals surface area contributed by atoms with Crippen molar-refractivity contribution in [1.29, 1.82) is 0 Å². The maximum Gasteiger partial charge on any atom is 0.244 e. The summed E-state index contributed by atoms with van der Waals surface area (Å²) in [6, 6.07) is 0. The Morgan fingerprint density at radius 3 is 2.22 bits per heavy atom. The maximum absolute atomic E-state index is 10.7. The maximum atomic E-state index is 10.7. The van der Waals surface area contributed by atoms with Gasteiger partial charge in [-0.05, 0) is 6.26 Å². The van der Waals surface area contributed by atoms with E-state index in [9.17, 15) is 8.42 Å². The highest BCUT2D eigenvalue weighted by atomic mass is 32.3. The van der Waals surface area contributed by atoms with Crippen molar-refractivity contribution in [3.05, 3.63) is 12.0 Å². The summed E-state index contributed by atoms with van der Waals surface area (Å²) in [5, 5.41) is 0.920. The van der Waals surface area contributed by atoms with Crippen LogP contribution >= 0.6 is 11.9 Å². The van der Waals surface area contributed by atoms with Crippen LogP contribution in [-0.2, 0) is 10.0 Å². The van der Waals surface area contributed by atoms with Gasteiger partial charge in [-0.2, -0.15) is 0 Å². The van der Waals surface area contributed by atoms with Crippen molar-refractivity contribution in [2.45, 2.75) is 0 Å². The molecule has 9 heavy (non-hydrogen) atoms. The molecule has 0 aromatic rings. The highest BCUT2D eigenvalue weighted by molar-refractivity contribution is 8.09. The van der Waals surface area contributed by atoms with Crippen LogP contribution in [0.3, 0.4) is 0 Å². The Kier molecular flexibility index (Phi) is 3.24. The van der Waals surface area contributed by atoms with Crippen LogP contribution < -0.4 is 0 Å². The molecule has 0 aliphatic carbocycles. The van der Waals surface area contributed by atoms with Crippen molar-refractivity contribution < 1.29 is 8.42 Å². The monoisotopic (exact) mass is 167 g/mol. The Labute approximate surface area is 59.9 Å². The summed E-state index contributed by atoms with van der Waals surface area (Å²) < 4.78 is 22.6. The highest BCUT2D eigenvalue weighted by Crippen LogP contribution is 2.08. The predicted molar refractivity (Wildman–Crippen MR) is 40.4 cm³/mol. The summed E-state index contributed by atoms with van der Waals surface area (Å²) in [6.45, 7) is 3.16. The third-order valence-electron chi connectivity index (χ3n) is 0.826. The molecule has 0 rings (SSSR count). The van der Waals surface area contributed by atoms with Gasteiger partial charge in [-0.3, -0.25) is 0 Å². The summed E-state index contributed by atoms with van der Waals surface area (Å²) >= 11 is 1.13. The fraction of sp³-hybridized carbons (Fsp3) is 0.500. The number of rotatable bonds is 3. The van der Waals surface area contributed by atoms with E-state index in [0.717, 1.165) is 21.1 Å². The predicted octanol–water partition coefficient (Wildman–Crippen LogP) is 0.669. The van der Waals surface area contributed by atoms with Gasteiger partial charge < -0.3 is 0 Å². The average molecular weight is 167 g/mol. The molecule has 0 aromatic heterocycles. The normalized spacial score (nSPS) is 11.9. The van der Waals surface area contributed by atoms with Gasteiger partial charge in [0.15, 0.2) is 0 Å². The minimum absolute atomic E-state index is 0.920. The lowest BCUT2D eigenvalue weighted by Crippen LogP contribution is -2.15. The highest BCUT2D eigenvalue weighted by Gasteiger charge is 2.09. The Bertz CT molecular complexity index is 185. The first-order valence-corrected chi connectivity index (χ1v) is 4.88. The number of hydrogen-bond acceptors (Lipinski definition) is 3. The minimum Gasteiger partial charge on any atom is -0.207 e. The Morgan fingerprint density at radius 1 is 1.67 bits per heavy atom. The van der Waals surface area contributed by atoms with E-state index in [4.69, 9.17) is 0 Å². The van der Waals surface area contributed by atoms with E-state index in [0.29, 0.717) is 0 Å². The molecule has 0 saturated heterocycles. The van der Waals surface area contributed by atoms with Crippen LogP contribution in [0.25, 0.3) is 0 Å². The van der Waals surface area contributed by atoms with Gasteiger partial charge >= 0.3 is 0 Å². The molecule has 0 unspecified atom stereocenters. The van der Waals surface area contributed by atoms with Crippen LogP contribution in [0.4, 0.5) is 0 Å². The molecule has 0 spiro atoms. The zero-order valence-corrected chi connectivity index (χ0v) is 7.00. The van der Waals surface area contributed by atoms with Gasteiger partial charge in [0.1, 0.15) is 0 Å². The van der Waals surface area contributed by atoms with E-state index in [2.05, 4.69) is 6.58 Å². The van der Waals surface area contributed by atoms with Crippen LogP contribution in [0.1, 0.15) is 0 Å². The molecule has 0 radical (unpaired) electrons. The molecule has 0 heterocycles. The van der Waals surface area contributed by atoms with Crippen molar-refractivity contribution in [2.24, 2.45) is 0 Å². The molecule has 5 heteroatoms. The minimum atomic E-state index is -3.19. The van der Waals surface area contributed by atoms with Crippen molar-refractivity contribution in [1.82, 2.24) is 3.71 Å². The van der Waals surface area contributed by atoms with E-state index < -0.39 is 10.0 Å². The lowest BCUT2D eigenvalue weighted by molar-refractivity contribution is 0.575. The third-order valence-corrected chi connectivity index (χ3v) is 3.55. The molecule has 0 aliphatic rings. The molecule has 0 N–H and O–H groups in total. The molecule has 0 atom stereocenters. The van der Waals surface area contributed by atoms with Gasteiger partial charge in [-0.1, -0.05) is 18.5 Å². The van der Waals surface area contributed by atoms with Gasteiger partial charge in [0.25, 0.3) is 0 Å². The smallest absolute Gasteiger partial charge is 0.207 e. The molecular formula is C4H9NO2S2. The molecule has 0 aliphatic heterocycles. The van der Waals surface area contributed by atoms with Gasteiger partial charge in [0.2, 0.25) is 10.0 Å². The fourth-order valence-corrected chi connectivity index (χ4v) is 1.43. The molecule has 0 saturated carbocycles. The van der Waals surface area contributed by atoms with Crippen molar-refractivity contribution in [3.8, 4) is 0 Å². The zero-order chi connectivity index (χ0) is 7.49. The second kappa shape index (κ2) is 3.24. The van der Waals surface area contributed by atoms with E-state index >= 15 is 0 Å². The first-order chi connectivity index (χ1) is 4.04. The van der Waals surface area contributed by atoms with Gasteiger partial charge in [-0.15, -0.1) is 3.71 Å². The second-order valence-corrected chi connectivity index (χ2v) is 4.36. The molecule has 0 aromatic carbocycles. The number of nitrogens with zero attached hydrogens (tertiary/aromatic N) is 1. The quantitative estimate of drug-likeness (QED) is 0.580. The SMILES string of the molecule is C=CS(=O)(=O)N(C)SC. The second-order valence-electron chi connectivity index (χ2n) is 1.30. The Morgan fingerprint density at radius 2 is 2.11 bits per heavy atom. The molecule has 0 amide bonds. The fourth-order valence-electron chi connectivity index (χ4n) is 0.209. The van der Waals surface area contributed by atoms with Gasteiger partial charge in [0.05, 0.1) is 0 Å². The molecule has 0 bridgehead atoms. The standard InChI is InChI=1S/C4H9NO2S2/c1-4-9(6,7)5(2)8-3/h4H,1H2,2-3H3. The Hall–Kier alpha value is -0.0000000000000000555. The van der Waals surface area contributed by atoms with Crippen molar-refractivity contribution >= 4 is 22.0 Å². The van der Waals surface area contributed by atoms with Crippen LogP contribution in [0.15, 0.2) is 12.0 Å². The molecule has 54 valence electrons. The molecule has 3 nitrogen and oxygen atoms in total. The summed E-state index contributed by atoms with van der Waals surface area (Å²) in [4.78, 5) is 0. The van der Waals surface area contributed by atoms with Gasteiger partial charge in [0, 0.05) is 12.5 Å². The lowest BCUT2D eigenvalue weighted by atomic mass is 11.3. The van der Waals surface area contributed by atoms with Crippen LogP contribution in [0.5, 0.6) is 0 Å². The Balaban J connectivity index is 4.35. The third kappa shape index (κ3) is 2.38. The van der Waals surface area contributed by atoms with E-state index in [1.165, 1.54) is 7.05 Å².